The number of fused-ring (bicyclic) bond motifs is 1. The topological polar surface area (TPSA) is 99.2 Å². The van der Waals surface area contributed by atoms with Crippen LogP contribution in [0.3, 0.4) is 0 Å². The largest absolute Gasteiger partial charge is 0.334 e. The van der Waals surface area contributed by atoms with Crippen LogP contribution in [-0.4, -0.2) is 41.9 Å². The lowest BCUT2D eigenvalue weighted by Gasteiger charge is -2.36. The normalized spacial score (nSPS) is 17.8. The first-order valence-corrected chi connectivity index (χ1v) is 8.91. The lowest BCUT2D eigenvalue weighted by molar-refractivity contribution is -0.134. The molecule has 1 aliphatic heterocycles. The standard InChI is InChI=1S/C18H22N6O2/c1-11-13(12(2)22-21-11)9-16(25)23-7-4-3-5-15(23)14-10-17(26)24-8-6-19-18(24)20-14/h6,8,10,15H,3-5,7,9H2,1-2H3,(H,19,20)(H,21,22)/t15-/m0/s1. The van der Waals surface area contributed by atoms with E-state index in [2.05, 4.69) is 20.2 Å². The number of aromatic amines is 2. The third-order valence-electron chi connectivity index (χ3n) is 5.20. The molecule has 1 aliphatic rings. The number of aryl methyl sites for hydroxylation is 2. The highest BCUT2D eigenvalue weighted by Gasteiger charge is 2.30. The maximum Gasteiger partial charge on any atom is 0.259 e. The van der Waals surface area contributed by atoms with Gasteiger partial charge in [0.05, 0.1) is 18.2 Å². The van der Waals surface area contributed by atoms with Crippen molar-refractivity contribution >= 4 is 11.7 Å². The number of aromatic nitrogens is 5. The minimum Gasteiger partial charge on any atom is -0.334 e. The van der Waals surface area contributed by atoms with E-state index in [9.17, 15) is 9.59 Å². The molecule has 0 radical (unpaired) electrons. The van der Waals surface area contributed by atoms with Gasteiger partial charge < -0.3 is 9.88 Å². The van der Waals surface area contributed by atoms with Gasteiger partial charge >= 0.3 is 0 Å². The number of rotatable bonds is 3. The summed E-state index contributed by atoms with van der Waals surface area (Å²) in [7, 11) is 0. The Kier molecular flexibility index (Phi) is 4.10. The van der Waals surface area contributed by atoms with Crippen molar-refractivity contribution in [3.63, 3.8) is 0 Å². The zero-order chi connectivity index (χ0) is 18.3. The van der Waals surface area contributed by atoms with Crippen molar-refractivity contribution in [3.8, 4) is 0 Å². The number of H-pyrrole nitrogens is 2. The maximum atomic E-state index is 13.0. The third kappa shape index (κ3) is 2.81. The van der Waals surface area contributed by atoms with Crippen LogP contribution in [0, 0.1) is 13.8 Å². The maximum absolute atomic E-state index is 13.0. The van der Waals surface area contributed by atoms with E-state index in [0.717, 1.165) is 41.9 Å². The van der Waals surface area contributed by atoms with Gasteiger partial charge in [0.25, 0.3) is 5.56 Å². The van der Waals surface area contributed by atoms with E-state index in [4.69, 9.17) is 0 Å². The predicted octanol–water partition coefficient (Wildman–Crippen LogP) is 1.66. The summed E-state index contributed by atoms with van der Waals surface area (Å²) in [5.41, 5.74) is 3.36. The van der Waals surface area contributed by atoms with Gasteiger partial charge in [0, 0.05) is 42.0 Å². The smallest absolute Gasteiger partial charge is 0.259 e. The Bertz CT molecular complexity index is 995. The second-order valence-electron chi connectivity index (χ2n) is 6.87. The fraction of sp³-hybridized carbons (Fsp3) is 0.444. The molecule has 0 aliphatic carbocycles. The zero-order valence-corrected chi connectivity index (χ0v) is 15.0. The molecule has 0 aromatic carbocycles. The van der Waals surface area contributed by atoms with E-state index >= 15 is 0 Å². The van der Waals surface area contributed by atoms with E-state index in [-0.39, 0.29) is 17.5 Å². The average Bonchev–Trinajstić information content (AvgIpc) is 3.24. The van der Waals surface area contributed by atoms with Crippen LogP contribution in [0.1, 0.15) is 47.9 Å². The monoisotopic (exact) mass is 354 g/mol. The highest BCUT2D eigenvalue weighted by atomic mass is 16.2. The van der Waals surface area contributed by atoms with Crippen LogP contribution >= 0.6 is 0 Å². The zero-order valence-electron chi connectivity index (χ0n) is 15.0. The highest BCUT2D eigenvalue weighted by molar-refractivity contribution is 5.79. The molecular formula is C18H22N6O2. The molecule has 8 nitrogen and oxygen atoms in total. The number of imidazole rings is 1. The molecule has 1 atom stereocenters. The molecule has 0 bridgehead atoms. The molecule has 8 heteroatoms. The molecule has 3 aromatic heterocycles. The van der Waals surface area contributed by atoms with E-state index < -0.39 is 0 Å². The van der Waals surface area contributed by atoms with Crippen molar-refractivity contribution in [1.29, 1.82) is 0 Å². The Balaban J connectivity index is 1.65. The lowest BCUT2D eigenvalue weighted by Crippen LogP contribution is -2.40. The molecule has 136 valence electrons. The number of hydrogen-bond donors (Lipinski definition) is 2. The lowest BCUT2D eigenvalue weighted by atomic mass is 9.97. The molecule has 26 heavy (non-hydrogen) atoms. The highest BCUT2D eigenvalue weighted by Crippen LogP contribution is 2.30. The second-order valence-corrected chi connectivity index (χ2v) is 6.87. The van der Waals surface area contributed by atoms with Crippen molar-refractivity contribution in [2.45, 2.75) is 45.6 Å². The number of piperidine rings is 1. The molecule has 1 amide bonds. The quantitative estimate of drug-likeness (QED) is 0.747. The molecule has 1 saturated heterocycles. The number of hydrogen-bond acceptors (Lipinski definition) is 4. The van der Waals surface area contributed by atoms with Crippen molar-refractivity contribution in [2.75, 3.05) is 6.54 Å². The number of carbonyl (C=O) groups is 1. The summed E-state index contributed by atoms with van der Waals surface area (Å²) in [5, 5.41) is 7.11. The van der Waals surface area contributed by atoms with Crippen LogP contribution in [-0.2, 0) is 11.2 Å². The SMILES string of the molecule is Cc1n[nH]c(C)c1CC(=O)N1CCCC[C@H]1c1cc(=O)n2ccnc2[nH]1. The molecule has 3 aromatic rings. The Hall–Kier alpha value is -2.90. The van der Waals surface area contributed by atoms with Crippen LogP contribution in [0.15, 0.2) is 23.3 Å². The van der Waals surface area contributed by atoms with Crippen molar-refractivity contribution in [1.82, 2.24) is 29.5 Å². The van der Waals surface area contributed by atoms with E-state index in [0.29, 0.717) is 18.7 Å². The fourth-order valence-corrected chi connectivity index (χ4v) is 3.76. The predicted molar refractivity (Wildman–Crippen MR) is 95.9 cm³/mol. The van der Waals surface area contributed by atoms with E-state index in [1.165, 1.54) is 4.40 Å². The van der Waals surface area contributed by atoms with Gasteiger partial charge in [-0.15, -0.1) is 0 Å². The summed E-state index contributed by atoms with van der Waals surface area (Å²) in [6, 6.07) is 1.46. The van der Waals surface area contributed by atoms with Crippen LogP contribution in [0.5, 0.6) is 0 Å². The van der Waals surface area contributed by atoms with Crippen molar-refractivity contribution in [3.05, 3.63) is 51.5 Å². The molecule has 0 saturated carbocycles. The van der Waals surface area contributed by atoms with Crippen LogP contribution in [0.25, 0.3) is 5.78 Å². The molecule has 1 fully saturated rings. The fourth-order valence-electron chi connectivity index (χ4n) is 3.76. The summed E-state index contributed by atoms with van der Waals surface area (Å²) in [6.45, 7) is 4.53. The Labute approximate surface area is 150 Å². The Morgan fingerprint density at radius 3 is 2.96 bits per heavy atom. The van der Waals surface area contributed by atoms with Gasteiger partial charge in [0.1, 0.15) is 0 Å². The van der Waals surface area contributed by atoms with Crippen LogP contribution < -0.4 is 5.56 Å². The van der Waals surface area contributed by atoms with Crippen LogP contribution in [0.4, 0.5) is 0 Å². The molecule has 2 N–H and O–H groups in total. The van der Waals surface area contributed by atoms with Gasteiger partial charge in [-0.2, -0.15) is 5.10 Å². The van der Waals surface area contributed by atoms with Crippen molar-refractivity contribution in [2.24, 2.45) is 0 Å². The third-order valence-corrected chi connectivity index (χ3v) is 5.20. The summed E-state index contributed by atoms with van der Waals surface area (Å²) >= 11 is 0. The molecular weight excluding hydrogens is 332 g/mol. The summed E-state index contributed by atoms with van der Waals surface area (Å²) in [5.74, 6) is 0.568. The van der Waals surface area contributed by atoms with Gasteiger partial charge in [-0.3, -0.25) is 19.1 Å². The molecule has 4 heterocycles. The van der Waals surface area contributed by atoms with Crippen LogP contribution in [0.2, 0.25) is 0 Å². The minimum absolute atomic E-state index is 0.0614. The van der Waals surface area contributed by atoms with E-state index in [1.807, 2.05) is 18.7 Å². The number of carbonyl (C=O) groups excluding carboxylic acids is 1. The van der Waals surface area contributed by atoms with Gasteiger partial charge in [0.2, 0.25) is 11.7 Å². The van der Waals surface area contributed by atoms with Gasteiger partial charge in [0.15, 0.2) is 0 Å². The number of likely N-dealkylation sites (tertiary alicyclic amines) is 1. The first-order chi connectivity index (χ1) is 12.5. The number of amides is 1. The summed E-state index contributed by atoms with van der Waals surface area (Å²) in [6.07, 6.45) is 6.38. The minimum atomic E-state index is -0.134. The number of nitrogens with one attached hydrogen (secondary N) is 2. The summed E-state index contributed by atoms with van der Waals surface area (Å²) in [4.78, 5) is 34.6. The van der Waals surface area contributed by atoms with Gasteiger partial charge in [-0.1, -0.05) is 0 Å². The first kappa shape index (κ1) is 16.6. The van der Waals surface area contributed by atoms with Crippen molar-refractivity contribution < 1.29 is 4.79 Å². The molecule has 4 rings (SSSR count). The first-order valence-electron chi connectivity index (χ1n) is 8.91. The van der Waals surface area contributed by atoms with E-state index in [1.54, 1.807) is 18.5 Å². The number of nitrogens with zero attached hydrogens (tertiary/aromatic N) is 4. The van der Waals surface area contributed by atoms with Gasteiger partial charge in [-0.05, 0) is 33.1 Å². The molecule has 0 spiro atoms. The Morgan fingerprint density at radius 1 is 1.35 bits per heavy atom. The molecule has 0 unspecified atom stereocenters. The second kappa shape index (κ2) is 6.44. The summed E-state index contributed by atoms with van der Waals surface area (Å²) < 4.78 is 1.47. The Morgan fingerprint density at radius 2 is 2.19 bits per heavy atom. The average molecular weight is 354 g/mol. The van der Waals surface area contributed by atoms with Gasteiger partial charge in [-0.25, -0.2) is 4.98 Å².